The molecular weight excluding hydrogens is 214 g/mol. The molecular formula is C13H19N3O. The fourth-order valence-electron chi connectivity index (χ4n) is 1.87. The van der Waals surface area contributed by atoms with E-state index in [2.05, 4.69) is 18.9 Å². The van der Waals surface area contributed by atoms with Gasteiger partial charge in [-0.25, -0.2) is 0 Å². The van der Waals surface area contributed by atoms with E-state index in [-0.39, 0.29) is 0 Å². The van der Waals surface area contributed by atoms with Gasteiger partial charge < -0.3 is 9.67 Å². The van der Waals surface area contributed by atoms with Gasteiger partial charge in [-0.3, -0.25) is 4.68 Å². The predicted molar refractivity (Wildman–Crippen MR) is 66.8 cm³/mol. The molecule has 1 N–H and O–H groups in total. The minimum absolute atomic E-state index is 0.379. The minimum Gasteiger partial charge on any atom is -0.387 e. The summed E-state index contributed by atoms with van der Waals surface area (Å²) in [5.41, 5.74) is 1.93. The van der Waals surface area contributed by atoms with Gasteiger partial charge in [0, 0.05) is 24.1 Å². The van der Waals surface area contributed by atoms with Crippen molar-refractivity contribution in [1.29, 1.82) is 0 Å². The highest BCUT2D eigenvalue weighted by Crippen LogP contribution is 2.14. The monoisotopic (exact) mass is 233 g/mol. The molecule has 92 valence electrons. The van der Waals surface area contributed by atoms with Crippen molar-refractivity contribution in [1.82, 2.24) is 14.3 Å². The van der Waals surface area contributed by atoms with Crippen LogP contribution in [0.1, 0.15) is 44.3 Å². The summed E-state index contributed by atoms with van der Waals surface area (Å²) in [4.78, 5) is 0. The number of aromatic nitrogens is 3. The van der Waals surface area contributed by atoms with Crippen LogP contribution in [-0.2, 0) is 6.54 Å². The van der Waals surface area contributed by atoms with Crippen molar-refractivity contribution in [3.8, 4) is 0 Å². The van der Waals surface area contributed by atoms with Crippen molar-refractivity contribution in [2.24, 2.45) is 0 Å². The van der Waals surface area contributed by atoms with Gasteiger partial charge in [0.2, 0.25) is 0 Å². The van der Waals surface area contributed by atoms with Gasteiger partial charge in [0.25, 0.3) is 0 Å². The normalized spacial score (nSPS) is 13.2. The highest BCUT2D eigenvalue weighted by Gasteiger charge is 2.08. The van der Waals surface area contributed by atoms with E-state index in [1.165, 1.54) is 0 Å². The van der Waals surface area contributed by atoms with Crippen LogP contribution in [0.2, 0.25) is 0 Å². The molecule has 0 saturated carbocycles. The smallest absolute Gasteiger partial charge is 0.0911 e. The van der Waals surface area contributed by atoms with Gasteiger partial charge in [0.1, 0.15) is 0 Å². The third-order valence-corrected chi connectivity index (χ3v) is 2.82. The predicted octanol–water partition coefficient (Wildman–Crippen LogP) is 2.37. The number of rotatable bonds is 4. The molecule has 0 fully saturated rings. The molecule has 1 atom stereocenters. The van der Waals surface area contributed by atoms with E-state index < -0.39 is 6.10 Å². The van der Waals surface area contributed by atoms with E-state index in [1.807, 2.05) is 39.8 Å². The van der Waals surface area contributed by atoms with Crippen LogP contribution in [0.5, 0.6) is 0 Å². The molecule has 4 heteroatoms. The van der Waals surface area contributed by atoms with Crippen molar-refractivity contribution in [2.75, 3.05) is 0 Å². The summed E-state index contributed by atoms with van der Waals surface area (Å²) in [7, 11) is 0. The second-order valence-corrected chi connectivity index (χ2v) is 4.62. The first kappa shape index (κ1) is 11.9. The molecule has 1 unspecified atom stereocenters. The van der Waals surface area contributed by atoms with Gasteiger partial charge in [-0.15, -0.1) is 0 Å². The van der Waals surface area contributed by atoms with Crippen molar-refractivity contribution in [3.63, 3.8) is 0 Å². The molecule has 0 bridgehead atoms. The number of nitrogens with zero attached hydrogens (tertiary/aromatic N) is 3. The lowest BCUT2D eigenvalue weighted by atomic mass is 10.3. The molecule has 0 aromatic carbocycles. The average Bonchev–Trinajstić information content (AvgIpc) is 2.86. The van der Waals surface area contributed by atoms with E-state index in [4.69, 9.17) is 0 Å². The summed E-state index contributed by atoms with van der Waals surface area (Å²) >= 11 is 0. The Hall–Kier alpha value is -1.55. The van der Waals surface area contributed by atoms with Crippen LogP contribution in [0, 0.1) is 0 Å². The summed E-state index contributed by atoms with van der Waals surface area (Å²) in [6.07, 6.45) is 3.51. The number of hydrogen-bond donors (Lipinski definition) is 1. The maximum atomic E-state index is 9.62. The Labute approximate surface area is 101 Å². The van der Waals surface area contributed by atoms with E-state index >= 15 is 0 Å². The molecule has 17 heavy (non-hydrogen) atoms. The molecule has 2 aromatic heterocycles. The molecule has 0 aliphatic heterocycles. The van der Waals surface area contributed by atoms with Gasteiger partial charge in [0.15, 0.2) is 0 Å². The minimum atomic E-state index is -0.447. The lowest BCUT2D eigenvalue weighted by molar-refractivity contribution is 0.189. The molecule has 0 spiro atoms. The first-order chi connectivity index (χ1) is 8.08. The zero-order valence-electron chi connectivity index (χ0n) is 10.5. The zero-order valence-corrected chi connectivity index (χ0v) is 10.5. The van der Waals surface area contributed by atoms with Crippen molar-refractivity contribution < 1.29 is 5.11 Å². The Morgan fingerprint density at radius 1 is 1.24 bits per heavy atom. The second kappa shape index (κ2) is 4.75. The van der Waals surface area contributed by atoms with Crippen LogP contribution in [0.25, 0.3) is 0 Å². The fourth-order valence-corrected chi connectivity index (χ4v) is 1.87. The third kappa shape index (κ3) is 2.58. The van der Waals surface area contributed by atoms with Gasteiger partial charge in [-0.05, 0) is 39.0 Å². The topological polar surface area (TPSA) is 43.0 Å². The Morgan fingerprint density at radius 2 is 2.00 bits per heavy atom. The molecule has 0 aliphatic rings. The Bertz CT molecular complexity index is 482. The zero-order chi connectivity index (χ0) is 12.4. The number of aliphatic hydroxyl groups is 1. The van der Waals surface area contributed by atoms with Crippen molar-refractivity contribution in [2.45, 2.75) is 39.5 Å². The summed E-state index contributed by atoms with van der Waals surface area (Å²) < 4.78 is 3.97. The number of aliphatic hydroxyl groups excluding tert-OH is 1. The van der Waals surface area contributed by atoms with Crippen LogP contribution < -0.4 is 0 Å². The first-order valence-electron chi connectivity index (χ1n) is 5.95. The first-order valence-corrected chi connectivity index (χ1v) is 5.95. The van der Waals surface area contributed by atoms with Crippen LogP contribution in [0.3, 0.4) is 0 Å². The number of hydrogen-bond acceptors (Lipinski definition) is 2. The van der Waals surface area contributed by atoms with E-state index in [0.717, 1.165) is 11.4 Å². The van der Waals surface area contributed by atoms with Crippen molar-refractivity contribution >= 4 is 0 Å². The maximum absolute atomic E-state index is 9.62. The average molecular weight is 233 g/mol. The Morgan fingerprint density at radius 3 is 2.59 bits per heavy atom. The molecule has 0 radical (unpaired) electrons. The van der Waals surface area contributed by atoms with E-state index in [1.54, 1.807) is 6.92 Å². The van der Waals surface area contributed by atoms with Crippen LogP contribution >= 0.6 is 0 Å². The Balaban J connectivity index is 2.17. The van der Waals surface area contributed by atoms with Crippen LogP contribution in [0.15, 0.2) is 30.6 Å². The second-order valence-electron chi connectivity index (χ2n) is 4.62. The SMILES string of the molecule is CC(O)c1cccn1Cc1ccn(C(C)C)n1. The van der Waals surface area contributed by atoms with Gasteiger partial charge in [0.05, 0.1) is 18.3 Å². The molecule has 4 nitrogen and oxygen atoms in total. The molecule has 2 heterocycles. The highest BCUT2D eigenvalue weighted by molar-refractivity contribution is 5.12. The van der Waals surface area contributed by atoms with Gasteiger partial charge >= 0.3 is 0 Å². The van der Waals surface area contributed by atoms with E-state index in [0.29, 0.717) is 12.6 Å². The van der Waals surface area contributed by atoms with E-state index in [9.17, 15) is 5.11 Å². The summed E-state index contributed by atoms with van der Waals surface area (Å²) in [6, 6.07) is 6.28. The lowest BCUT2D eigenvalue weighted by Gasteiger charge is -2.10. The summed E-state index contributed by atoms with van der Waals surface area (Å²) in [5, 5.41) is 14.1. The molecule has 0 saturated heterocycles. The van der Waals surface area contributed by atoms with Crippen LogP contribution in [0.4, 0.5) is 0 Å². The molecule has 0 amide bonds. The molecule has 0 aliphatic carbocycles. The van der Waals surface area contributed by atoms with Crippen molar-refractivity contribution in [3.05, 3.63) is 42.0 Å². The molecule has 2 rings (SSSR count). The van der Waals surface area contributed by atoms with Gasteiger partial charge in [-0.1, -0.05) is 0 Å². The largest absolute Gasteiger partial charge is 0.387 e. The maximum Gasteiger partial charge on any atom is 0.0911 e. The molecule has 2 aromatic rings. The third-order valence-electron chi connectivity index (χ3n) is 2.82. The lowest BCUT2D eigenvalue weighted by Crippen LogP contribution is -2.07. The highest BCUT2D eigenvalue weighted by atomic mass is 16.3. The quantitative estimate of drug-likeness (QED) is 0.881. The van der Waals surface area contributed by atoms with Crippen LogP contribution in [-0.4, -0.2) is 19.5 Å². The summed E-state index contributed by atoms with van der Waals surface area (Å²) in [6.45, 7) is 6.69. The fraction of sp³-hybridized carbons (Fsp3) is 0.462. The Kier molecular flexibility index (Phi) is 3.33. The standard InChI is InChI=1S/C13H19N3O/c1-10(2)16-8-6-12(14-16)9-15-7-4-5-13(15)11(3)17/h4-8,10-11,17H,9H2,1-3H3. The summed E-state index contributed by atoms with van der Waals surface area (Å²) in [5.74, 6) is 0. The van der Waals surface area contributed by atoms with Gasteiger partial charge in [-0.2, -0.15) is 5.10 Å².